The molecular formula is C27H27N5O. The molecule has 0 spiro atoms. The number of aromatic nitrogens is 3. The molecule has 0 N–H and O–H groups in total. The van der Waals surface area contributed by atoms with Crippen LogP contribution in [0, 0.1) is 6.92 Å². The molecule has 0 bridgehead atoms. The maximum atomic E-state index is 13.6. The number of nitrogens with zero attached hydrogens (tertiary/aromatic N) is 5. The minimum Gasteiger partial charge on any atom is -0.336 e. The number of carbonyl (C=O) groups is 1. The first-order chi connectivity index (χ1) is 16.2. The third-order valence-corrected chi connectivity index (χ3v) is 6.06. The van der Waals surface area contributed by atoms with E-state index < -0.39 is 0 Å². The molecule has 5 rings (SSSR count). The Morgan fingerprint density at radius 1 is 0.879 bits per heavy atom. The number of amides is 1. The van der Waals surface area contributed by atoms with Gasteiger partial charge in [0.1, 0.15) is 5.69 Å². The fourth-order valence-electron chi connectivity index (χ4n) is 4.17. The summed E-state index contributed by atoms with van der Waals surface area (Å²) in [5.41, 5.74) is 5.49. The van der Waals surface area contributed by atoms with Gasteiger partial charge in [-0.25, -0.2) is 4.68 Å². The van der Waals surface area contributed by atoms with Crippen molar-refractivity contribution in [3.05, 3.63) is 102 Å². The Morgan fingerprint density at radius 3 is 2.30 bits per heavy atom. The van der Waals surface area contributed by atoms with Crippen molar-refractivity contribution in [3.63, 3.8) is 0 Å². The lowest BCUT2D eigenvalue weighted by atomic mass is 10.1. The zero-order valence-electron chi connectivity index (χ0n) is 18.8. The quantitative estimate of drug-likeness (QED) is 0.470. The lowest BCUT2D eigenvalue weighted by molar-refractivity contribution is 0.0628. The molecule has 1 saturated heterocycles. The highest BCUT2D eigenvalue weighted by Crippen LogP contribution is 2.25. The largest absolute Gasteiger partial charge is 0.336 e. The monoisotopic (exact) mass is 437 g/mol. The van der Waals surface area contributed by atoms with E-state index in [1.54, 1.807) is 0 Å². The minimum atomic E-state index is 0.0321. The number of aryl methyl sites for hydroxylation is 1. The molecule has 0 unspecified atom stereocenters. The smallest absolute Gasteiger partial charge is 0.257 e. The molecule has 6 nitrogen and oxygen atoms in total. The van der Waals surface area contributed by atoms with Crippen molar-refractivity contribution in [3.8, 4) is 16.9 Å². The summed E-state index contributed by atoms with van der Waals surface area (Å²) in [6.07, 6.45) is 3.70. The summed E-state index contributed by atoms with van der Waals surface area (Å²) >= 11 is 0. The van der Waals surface area contributed by atoms with Crippen LogP contribution in [0.25, 0.3) is 16.9 Å². The standard InChI is InChI=1S/C27H27N5O/c1-21-10-12-24(13-11-21)32-20-25(26(29-32)22-7-3-2-4-8-22)27(33)31-17-15-30(16-18-31)19-23-9-5-6-14-28-23/h2-14,20H,15-19H2,1H3. The molecule has 1 fully saturated rings. The number of piperazine rings is 1. The van der Waals surface area contributed by atoms with Crippen molar-refractivity contribution in [2.45, 2.75) is 13.5 Å². The molecule has 0 radical (unpaired) electrons. The summed E-state index contributed by atoms with van der Waals surface area (Å²) in [5, 5.41) is 4.82. The topological polar surface area (TPSA) is 54.3 Å². The van der Waals surface area contributed by atoms with Crippen LogP contribution in [0.2, 0.25) is 0 Å². The van der Waals surface area contributed by atoms with Crippen molar-refractivity contribution in [2.75, 3.05) is 26.2 Å². The number of pyridine rings is 1. The van der Waals surface area contributed by atoms with E-state index >= 15 is 0 Å². The van der Waals surface area contributed by atoms with Crippen LogP contribution in [0.5, 0.6) is 0 Å². The Morgan fingerprint density at radius 2 is 1.61 bits per heavy atom. The number of rotatable bonds is 5. The predicted octanol–water partition coefficient (Wildman–Crippen LogP) is 4.20. The first kappa shape index (κ1) is 21.1. The van der Waals surface area contributed by atoms with Gasteiger partial charge in [-0.1, -0.05) is 54.1 Å². The molecule has 3 heterocycles. The van der Waals surface area contributed by atoms with Crippen molar-refractivity contribution < 1.29 is 4.79 Å². The molecule has 1 amide bonds. The van der Waals surface area contributed by atoms with E-state index in [1.807, 2.05) is 82.6 Å². The molecule has 0 aliphatic carbocycles. The highest BCUT2D eigenvalue weighted by molar-refractivity contribution is 6.00. The molecule has 2 aromatic carbocycles. The maximum absolute atomic E-state index is 13.6. The Kier molecular flexibility index (Phi) is 6.00. The van der Waals surface area contributed by atoms with Crippen molar-refractivity contribution in [2.24, 2.45) is 0 Å². The van der Waals surface area contributed by atoms with Crippen LogP contribution in [0.4, 0.5) is 0 Å². The molecule has 1 aliphatic rings. The normalized spacial score (nSPS) is 14.4. The van der Waals surface area contributed by atoms with Gasteiger partial charge in [-0.2, -0.15) is 5.10 Å². The van der Waals surface area contributed by atoms with Gasteiger partial charge >= 0.3 is 0 Å². The van der Waals surface area contributed by atoms with E-state index in [0.717, 1.165) is 42.3 Å². The highest BCUT2D eigenvalue weighted by atomic mass is 16.2. The third kappa shape index (κ3) is 4.71. The van der Waals surface area contributed by atoms with Gasteiger partial charge in [0.05, 0.1) is 16.9 Å². The number of hydrogen-bond donors (Lipinski definition) is 0. The molecule has 166 valence electrons. The third-order valence-electron chi connectivity index (χ3n) is 6.06. The summed E-state index contributed by atoms with van der Waals surface area (Å²) in [6, 6.07) is 24.1. The highest BCUT2D eigenvalue weighted by Gasteiger charge is 2.26. The molecule has 6 heteroatoms. The minimum absolute atomic E-state index is 0.0321. The second-order valence-electron chi connectivity index (χ2n) is 8.43. The number of hydrogen-bond acceptors (Lipinski definition) is 4. The van der Waals surface area contributed by atoms with E-state index in [4.69, 9.17) is 5.10 Å². The van der Waals surface area contributed by atoms with Gasteiger partial charge in [-0.3, -0.25) is 14.7 Å². The van der Waals surface area contributed by atoms with Crippen molar-refractivity contribution in [1.82, 2.24) is 24.6 Å². The first-order valence-electron chi connectivity index (χ1n) is 11.3. The van der Waals surface area contributed by atoms with Crippen LogP contribution < -0.4 is 0 Å². The SMILES string of the molecule is Cc1ccc(-n2cc(C(=O)N3CCN(Cc4ccccn4)CC3)c(-c3ccccc3)n2)cc1. The molecule has 33 heavy (non-hydrogen) atoms. The van der Waals surface area contributed by atoms with Gasteiger partial charge in [-0.05, 0) is 31.2 Å². The summed E-state index contributed by atoms with van der Waals surface area (Å²) in [7, 11) is 0. The van der Waals surface area contributed by atoms with Crippen LogP contribution in [0.15, 0.2) is 85.2 Å². The summed E-state index contributed by atoms with van der Waals surface area (Å²) in [5.74, 6) is 0.0321. The fourth-order valence-corrected chi connectivity index (χ4v) is 4.17. The zero-order chi connectivity index (χ0) is 22.6. The summed E-state index contributed by atoms with van der Waals surface area (Å²) < 4.78 is 1.81. The van der Waals surface area contributed by atoms with E-state index in [0.29, 0.717) is 18.7 Å². The molecule has 1 aliphatic heterocycles. The van der Waals surface area contributed by atoms with Crippen LogP contribution in [0.1, 0.15) is 21.6 Å². The summed E-state index contributed by atoms with van der Waals surface area (Å²) in [6.45, 7) is 5.91. The molecule has 4 aromatic rings. The van der Waals surface area contributed by atoms with E-state index in [-0.39, 0.29) is 5.91 Å². The lowest BCUT2D eigenvalue weighted by Gasteiger charge is -2.34. The Balaban J connectivity index is 1.37. The maximum Gasteiger partial charge on any atom is 0.257 e. The zero-order valence-corrected chi connectivity index (χ0v) is 18.8. The summed E-state index contributed by atoms with van der Waals surface area (Å²) in [4.78, 5) is 22.3. The average Bonchev–Trinajstić information content (AvgIpc) is 3.31. The fraction of sp³-hybridized carbons (Fsp3) is 0.222. The van der Waals surface area contributed by atoms with Gasteiger partial charge in [0.15, 0.2) is 0 Å². The van der Waals surface area contributed by atoms with E-state index in [1.165, 1.54) is 5.56 Å². The Bertz CT molecular complexity index is 1210. The van der Waals surface area contributed by atoms with Gasteiger partial charge in [0.25, 0.3) is 5.91 Å². The van der Waals surface area contributed by atoms with Crippen LogP contribution in [0.3, 0.4) is 0 Å². The average molecular weight is 438 g/mol. The van der Waals surface area contributed by atoms with E-state index in [2.05, 4.69) is 28.9 Å². The predicted molar refractivity (Wildman–Crippen MR) is 129 cm³/mol. The van der Waals surface area contributed by atoms with Gasteiger partial charge in [-0.15, -0.1) is 0 Å². The second-order valence-corrected chi connectivity index (χ2v) is 8.43. The van der Waals surface area contributed by atoms with Gasteiger partial charge < -0.3 is 4.90 Å². The molecular weight excluding hydrogens is 410 g/mol. The van der Waals surface area contributed by atoms with Gasteiger partial charge in [0.2, 0.25) is 0 Å². The first-order valence-corrected chi connectivity index (χ1v) is 11.3. The van der Waals surface area contributed by atoms with Crippen molar-refractivity contribution >= 4 is 5.91 Å². The van der Waals surface area contributed by atoms with Crippen molar-refractivity contribution in [1.29, 1.82) is 0 Å². The number of benzene rings is 2. The molecule has 2 aromatic heterocycles. The van der Waals surface area contributed by atoms with Gasteiger partial charge in [0, 0.05) is 50.7 Å². The van der Waals surface area contributed by atoms with Crippen LogP contribution in [-0.4, -0.2) is 56.7 Å². The van der Waals surface area contributed by atoms with Crippen LogP contribution >= 0.6 is 0 Å². The molecule has 0 saturated carbocycles. The second kappa shape index (κ2) is 9.38. The van der Waals surface area contributed by atoms with E-state index in [9.17, 15) is 4.79 Å². The molecule has 0 atom stereocenters. The Labute approximate surface area is 194 Å². The lowest BCUT2D eigenvalue weighted by Crippen LogP contribution is -2.48. The van der Waals surface area contributed by atoms with Crippen LogP contribution in [-0.2, 0) is 6.54 Å². The Hall–Kier alpha value is -3.77. The number of carbonyl (C=O) groups excluding carboxylic acids is 1.